The molecule has 0 amide bonds. The Morgan fingerprint density at radius 2 is 2.20 bits per heavy atom. The molecule has 1 unspecified atom stereocenters. The van der Waals surface area contributed by atoms with E-state index < -0.39 is 0 Å². The molecule has 1 saturated heterocycles. The zero-order chi connectivity index (χ0) is 7.72. The van der Waals surface area contributed by atoms with Gasteiger partial charge in [0.25, 0.3) is 0 Å². The minimum absolute atomic E-state index is 0.137. The third-order valence-corrected chi connectivity index (χ3v) is 1.98. The molecule has 0 bridgehead atoms. The first-order valence-electron chi connectivity index (χ1n) is 3.55. The van der Waals surface area contributed by atoms with E-state index in [9.17, 15) is 4.79 Å². The number of allylic oxidation sites excluding steroid dienone is 1. The lowest BCUT2D eigenvalue weighted by Crippen LogP contribution is -2.49. The molecule has 56 valence electrons. The maximum atomic E-state index is 10.9. The lowest BCUT2D eigenvalue weighted by molar-refractivity contribution is -0.124. The van der Waals surface area contributed by atoms with Crippen LogP contribution in [0.4, 0.5) is 0 Å². The van der Waals surface area contributed by atoms with Crippen LogP contribution in [0.5, 0.6) is 0 Å². The number of rotatable bonds is 2. The molecule has 10 heavy (non-hydrogen) atoms. The highest BCUT2D eigenvalue weighted by atomic mass is 16.1. The number of nitrogens with zero attached hydrogens (tertiary/aromatic N) is 1. The van der Waals surface area contributed by atoms with E-state index >= 15 is 0 Å². The topological polar surface area (TPSA) is 20.3 Å². The summed E-state index contributed by atoms with van der Waals surface area (Å²) in [6.45, 7) is 8.36. The smallest absolute Gasteiger partial charge is 0.152 e. The monoisotopic (exact) mass is 139 g/mol. The van der Waals surface area contributed by atoms with Gasteiger partial charge in [0, 0.05) is 12.2 Å². The summed E-state index contributed by atoms with van der Waals surface area (Å²) in [6, 6.07) is 0.137. The first kappa shape index (κ1) is 7.32. The molecule has 0 spiro atoms. The third kappa shape index (κ3) is 1.06. The molecular weight excluding hydrogens is 126 g/mol. The Morgan fingerprint density at radius 1 is 1.60 bits per heavy atom. The molecule has 0 radical (unpaired) electrons. The van der Waals surface area contributed by atoms with Crippen molar-refractivity contribution < 1.29 is 4.79 Å². The van der Waals surface area contributed by atoms with E-state index in [2.05, 4.69) is 6.58 Å². The molecule has 1 atom stereocenters. The lowest BCUT2D eigenvalue weighted by Gasteiger charge is -2.41. The van der Waals surface area contributed by atoms with Gasteiger partial charge in [-0.1, -0.05) is 6.58 Å². The van der Waals surface area contributed by atoms with Crippen LogP contribution in [0, 0.1) is 0 Å². The Morgan fingerprint density at radius 3 is 2.30 bits per heavy atom. The Balaban J connectivity index is 2.51. The first-order chi connectivity index (χ1) is 4.63. The van der Waals surface area contributed by atoms with Crippen molar-refractivity contribution in [3.05, 3.63) is 12.3 Å². The van der Waals surface area contributed by atoms with Crippen molar-refractivity contribution in [3.8, 4) is 0 Å². The summed E-state index contributed by atoms with van der Waals surface area (Å²) in [4.78, 5) is 12.9. The number of carbonyl (C=O) groups excluding carboxylic acids is 1. The van der Waals surface area contributed by atoms with E-state index in [-0.39, 0.29) is 11.8 Å². The number of Topliss-reactive ketones (excluding diaryl/α,β-unsaturated/α-hetero) is 1. The van der Waals surface area contributed by atoms with Crippen LogP contribution < -0.4 is 0 Å². The van der Waals surface area contributed by atoms with Crippen molar-refractivity contribution in [1.82, 2.24) is 4.90 Å². The fourth-order valence-corrected chi connectivity index (χ4v) is 1.27. The first-order valence-corrected chi connectivity index (χ1v) is 3.55. The van der Waals surface area contributed by atoms with Crippen LogP contribution in [-0.4, -0.2) is 23.3 Å². The van der Waals surface area contributed by atoms with Crippen LogP contribution in [0.1, 0.15) is 20.3 Å². The number of hydrogen-bond donors (Lipinski definition) is 0. The Bertz CT molecular complexity index is 154. The molecule has 0 N–H and O–H groups in total. The molecule has 1 aliphatic heterocycles. The van der Waals surface area contributed by atoms with Crippen LogP contribution in [-0.2, 0) is 4.79 Å². The van der Waals surface area contributed by atoms with Crippen LogP contribution in [0.2, 0.25) is 0 Å². The largest absolute Gasteiger partial charge is 0.365 e. The molecule has 0 aliphatic carbocycles. The van der Waals surface area contributed by atoms with E-state index in [4.69, 9.17) is 0 Å². The molecule has 2 heteroatoms. The van der Waals surface area contributed by atoms with Gasteiger partial charge in [0.2, 0.25) is 0 Å². The molecule has 0 saturated carbocycles. The van der Waals surface area contributed by atoms with Gasteiger partial charge in [0.05, 0.1) is 6.04 Å². The summed E-state index contributed by atoms with van der Waals surface area (Å²) in [7, 11) is 0. The zero-order valence-corrected chi connectivity index (χ0v) is 6.55. The summed E-state index contributed by atoms with van der Waals surface area (Å²) >= 11 is 0. The third-order valence-electron chi connectivity index (χ3n) is 1.98. The van der Waals surface area contributed by atoms with Gasteiger partial charge < -0.3 is 4.90 Å². The minimum atomic E-state index is 0.137. The summed E-state index contributed by atoms with van der Waals surface area (Å²) in [5.41, 5.74) is 1.01. The van der Waals surface area contributed by atoms with Crippen molar-refractivity contribution in [2.45, 2.75) is 26.3 Å². The van der Waals surface area contributed by atoms with E-state index in [0.717, 1.165) is 18.7 Å². The number of carbonyl (C=O) groups is 1. The minimum Gasteiger partial charge on any atom is -0.365 e. The van der Waals surface area contributed by atoms with Crippen LogP contribution in [0.15, 0.2) is 12.3 Å². The quantitative estimate of drug-likeness (QED) is 0.572. The van der Waals surface area contributed by atoms with Crippen LogP contribution in [0.3, 0.4) is 0 Å². The molecule has 2 nitrogen and oxygen atoms in total. The van der Waals surface area contributed by atoms with Crippen molar-refractivity contribution in [2.24, 2.45) is 0 Å². The Hall–Kier alpha value is -0.790. The van der Waals surface area contributed by atoms with Crippen molar-refractivity contribution in [3.63, 3.8) is 0 Å². The second-order valence-corrected chi connectivity index (χ2v) is 2.84. The van der Waals surface area contributed by atoms with Gasteiger partial charge in [0.1, 0.15) is 0 Å². The highest BCUT2D eigenvalue weighted by molar-refractivity contribution is 5.82. The molecule has 1 rings (SSSR count). The van der Waals surface area contributed by atoms with Gasteiger partial charge >= 0.3 is 0 Å². The molecule has 1 aliphatic rings. The summed E-state index contributed by atoms with van der Waals surface area (Å²) in [5, 5.41) is 0. The van der Waals surface area contributed by atoms with E-state index in [1.807, 2.05) is 11.8 Å². The van der Waals surface area contributed by atoms with Gasteiger partial charge in [-0.15, -0.1) is 0 Å². The second-order valence-electron chi connectivity index (χ2n) is 2.84. The molecule has 1 heterocycles. The van der Waals surface area contributed by atoms with E-state index in [0.29, 0.717) is 0 Å². The second kappa shape index (κ2) is 2.45. The Labute approximate surface area is 61.5 Å². The molecule has 0 aromatic heterocycles. The van der Waals surface area contributed by atoms with Crippen LogP contribution in [0.25, 0.3) is 0 Å². The SMILES string of the molecule is C=C(C)N1CCC1C(C)=O. The normalized spacial score (nSPS) is 23.8. The fourth-order valence-electron chi connectivity index (χ4n) is 1.27. The average Bonchev–Trinajstić information content (AvgIpc) is 1.56. The van der Waals surface area contributed by atoms with Gasteiger partial charge in [-0.25, -0.2) is 0 Å². The number of likely N-dealkylation sites (tertiary alicyclic amines) is 1. The Kier molecular flexibility index (Phi) is 1.79. The van der Waals surface area contributed by atoms with E-state index in [1.165, 1.54) is 0 Å². The standard InChI is InChI=1S/C8H13NO/c1-6(2)9-5-4-8(9)7(3)10/h8H,1,4-5H2,2-3H3. The van der Waals surface area contributed by atoms with Gasteiger partial charge in [0.15, 0.2) is 5.78 Å². The van der Waals surface area contributed by atoms with Gasteiger partial charge in [-0.2, -0.15) is 0 Å². The highest BCUT2D eigenvalue weighted by Gasteiger charge is 2.30. The molecule has 0 aromatic rings. The van der Waals surface area contributed by atoms with Crippen molar-refractivity contribution in [2.75, 3.05) is 6.54 Å². The predicted octanol–water partition coefficient (Wildman–Crippen LogP) is 1.18. The van der Waals surface area contributed by atoms with Gasteiger partial charge in [-0.05, 0) is 20.3 Å². The fraction of sp³-hybridized carbons (Fsp3) is 0.625. The van der Waals surface area contributed by atoms with Crippen molar-refractivity contribution in [1.29, 1.82) is 0 Å². The maximum Gasteiger partial charge on any atom is 0.152 e. The summed E-state index contributed by atoms with van der Waals surface area (Å²) in [6.07, 6.45) is 1.00. The highest BCUT2D eigenvalue weighted by Crippen LogP contribution is 2.21. The molecule has 1 fully saturated rings. The average molecular weight is 139 g/mol. The maximum absolute atomic E-state index is 10.9. The van der Waals surface area contributed by atoms with Crippen LogP contribution >= 0.6 is 0 Å². The molecular formula is C8H13NO. The summed E-state index contributed by atoms with van der Waals surface area (Å²) in [5.74, 6) is 0.259. The molecule has 0 aromatic carbocycles. The van der Waals surface area contributed by atoms with Gasteiger partial charge in [-0.3, -0.25) is 4.79 Å². The lowest BCUT2D eigenvalue weighted by atomic mass is 9.99. The predicted molar refractivity (Wildman–Crippen MR) is 40.6 cm³/mol. The number of hydrogen-bond acceptors (Lipinski definition) is 2. The summed E-state index contributed by atoms with van der Waals surface area (Å²) < 4.78 is 0. The van der Waals surface area contributed by atoms with E-state index in [1.54, 1.807) is 6.92 Å². The zero-order valence-electron chi connectivity index (χ0n) is 6.55. The van der Waals surface area contributed by atoms with Crippen molar-refractivity contribution >= 4 is 5.78 Å². The number of ketones is 1.